The van der Waals surface area contributed by atoms with Crippen LogP contribution in [0.25, 0.3) is 0 Å². The number of nitrogens with zero attached hydrogens (tertiary/aromatic N) is 2. The quantitative estimate of drug-likeness (QED) is 0.839. The molecule has 1 aromatic carbocycles. The number of aliphatic imine (C=N–C) groups is 1. The highest BCUT2D eigenvalue weighted by Gasteiger charge is 2.10. The van der Waals surface area contributed by atoms with Gasteiger partial charge in [-0.25, -0.2) is 0 Å². The van der Waals surface area contributed by atoms with Crippen molar-refractivity contribution in [2.24, 2.45) is 4.99 Å². The standard InChI is InChI=1S/C16H18N2O2/c1-11(13-6-4-3-5-7-13)18-9-15-14(10-19)8-17-12(2)16(15)20/h3-9,11,19-20H,10H2,1-2H3/t11-/m1/s1. The summed E-state index contributed by atoms with van der Waals surface area (Å²) in [5, 5.41) is 19.3. The van der Waals surface area contributed by atoms with Crippen molar-refractivity contribution >= 4 is 6.21 Å². The minimum Gasteiger partial charge on any atom is -0.505 e. The second-order valence-corrected chi connectivity index (χ2v) is 4.65. The van der Waals surface area contributed by atoms with Crippen molar-refractivity contribution in [3.63, 3.8) is 0 Å². The molecule has 0 spiro atoms. The Hall–Kier alpha value is -2.20. The third-order valence-electron chi connectivity index (χ3n) is 3.24. The molecule has 1 atom stereocenters. The first-order valence-electron chi connectivity index (χ1n) is 6.50. The summed E-state index contributed by atoms with van der Waals surface area (Å²) in [5.41, 5.74) is 2.72. The molecule has 0 fully saturated rings. The van der Waals surface area contributed by atoms with E-state index in [0.29, 0.717) is 16.8 Å². The first-order valence-corrected chi connectivity index (χ1v) is 6.50. The number of aliphatic hydroxyl groups is 1. The van der Waals surface area contributed by atoms with Crippen molar-refractivity contribution in [2.75, 3.05) is 0 Å². The van der Waals surface area contributed by atoms with Crippen LogP contribution >= 0.6 is 0 Å². The van der Waals surface area contributed by atoms with Crippen molar-refractivity contribution < 1.29 is 10.2 Å². The fourth-order valence-electron chi connectivity index (χ4n) is 1.93. The molecule has 0 unspecified atom stereocenters. The van der Waals surface area contributed by atoms with E-state index in [9.17, 15) is 10.2 Å². The van der Waals surface area contributed by atoms with Gasteiger partial charge in [0.25, 0.3) is 0 Å². The highest BCUT2D eigenvalue weighted by molar-refractivity contribution is 5.85. The molecule has 1 aromatic heterocycles. The minimum atomic E-state index is -0.179. The molecular formula is C16H18N2O2. The summed E-state index contributed by atoms with van der Waals surface area (Å²) in [7, 11) is 0. The third kappa shape index (κ3) is 3.03. The molecule has 0 amide bonds. The number of pyridine rings is 1. The molecule has 1 heterocycles. The van der Waals surface area contributed by atoms with Crippen LogP contribution in [-0.2, 0) is 6.61 Å². The number of aryl methyl sites for hydroxylation is 1. The van der Waals surface area contributed by atoms with E-state index in [0.717, 1.165) is 5.56 Å². The van der Waals surface area contributed by atoms with E-state index in [1.54, 1.807) is 19.3 Å². The van der Waals surface area contributed by atoms with Crippen molar-refractivity contribution in [1.82, 2.24) is 4.98 Å². The van der Waals surface area contributed by atoms with Crippen LogP contribution in [0.2, 0.25) is 0 Å². The third-order valence-corrected chi connectivity index (χ3v) is 3.24. The zero-order valence-corrected chi connectivity index (χ0v) is 11.6. The summed E-state index contributed by atoms with van der Waals surface area (Å²) in [6.07, 6.45) is 3.16. The Balaban J connectivity index is 2.30. The van der Waals surface area contributed by atoms with Gasteiger partial charge in [0.2, 0.25) is 0 Å². The Morgan fingerprint density at radius 2 is 2.00 bits per heavy atom. The minimum absolute atomic E-state index is 0.0179. The van der Waals surface area contributed by atoms with Gasteiger partial charge in [0.15, 0.2) is 0 Å². The molecule has 0 saturated carbocycles. The molecule has 4 nitrogen and oxygen atoms in total. The molecule has 20 heavy (non-hydrogen) atoms. The van der Waals surface area contributed by atoms with Crippen molar-refractivity contribution in [2.45, 2.75) is 26.5 Å². The summed E-state index contributed by atoms with van der Waals surface area (Å²) in [6, 6.07) is 9.89. The number of aromatic nitrogens is 1. The van der Waals surface area contributed by atoms with Crippen molar-refractivity contribution in [3.8, 4) is 5.75 Å². The normalized spacial score (nSPS) is 12.8. The lowest BCUT2D eigenvalue weighted by Crippen LogP contribution is -1.99. The monoisotopic (exact) mass is 270 g/mol. The SMILES string of the molecule is Cc1ncc(CO)c(C=N[C@H](C)c2ccccc2)c1O. The summed E-state index contributed by atoms with van der Waals surface area (Å²) in [4.78, 5) is 8.48. The van der Waals surface area contributed by atoms with Gasteiger partial charge >= 0.3 is 0 Å². The molecule has 0 bridgehead atoms. The van der Waals surface area contributed by atoms with Crippen LogP contribution in [-0.4, -0.2) is 21.4 Å². The molecule has 0 aliphatic rings. The van der Waals surface area contributed by atoms with E-state index >= 15 is 0 Å². The maximum Gasteiger partial charge on any atom is 0.145 e. The summed E-state index contributed by atoms with van der Waals surface area (Å²) < 4.78 is 0. The van der Waals surface area contributed by atoms with Crippen LogP contribution in [0, 0.1) is 6.92 Å². The van der Waals surface area contributed by atoms with Gasteiger partial charge in [0.1, 0.15) is 5.75 Å². The van der Waals surface area contributed by atoms with Crippen LogP contribution < -0.4 is 0 Å². The predicted molar refractivity (Wildman–Crippen MR) is 79.0 cm³/mol. The van der Waals surface area contributed by atoms with Gasteiger partial charge in [0.05, 0.1) is 18.3 Å². The van der Waals surface area contributed by atoms with Crippen LogP contribution in [0.5, 0.6) is 5.75 Å². The smallest absolute Gasteiger partial charge is 0.145 e. The summed E-state index contributed by atoms with van der Waals surface area (Å²) in [6.45, 7) is 3.52. The highest BCUT2D eigenvalue weighted by Crippen LogP contribution is 2.23. The van der Waals surface area contributed by atoms with Gasteiger partial charge in [-0.2, -0.15) is 0 Å². The number of aromatic hydroxyl groups is 1. The average Bonchev–Trinajstić information content (AvgIpc) is 2.49. The maximum absolute atomic E-state index is 10.0. The molecule has 0 radical (unpaired) electrons. The fraction of sp³-hybridized carbons (Fsp3) is 0.250. The Bertz CT molecular complexity index is 609. The number of rotatable bonds is 4. The molecule has 2 N–H and O–H groups in total. The molecule has 0 aliphatic heterocycles. The van der Waals surface area contributed by atoms with E-state index in [2.05, 4.69) is 9.98 Å². The van der Waals surface area contributed by atoms with E-state index in [1.807, 2.05) is 37.3 Å². The van der Waals surface area contributed by atoms with Gasteiger partial charge in [-0.3, -0.25) is 9.98 Å². The van der Waals surface area contributed by atoms with Crippen LogP contribution in [0.15, 0.2) is 41.5 Å². The lowest BCUT2D eigenvalue weighted by atomic mass is 10.1. The van der Waals surface area contributed by atoms with Gasteiger partial charge < -0.3 is 10.2 Å². The average molecular weight is 270 g/mol. The molecule has 0 saturated heterocycles. The molecule has 2 rings (SSSR count). The van der Waals surface area contributed by atoms with Crippen molar-refractivity contribution in [3.05, 3.63) is 58.9 Å². The van der Waals surface area contributed by atoms with Gasteiger partial charge in [0, 0.05) is 23.5 Å². The van der Waals surface area contributed by atoms with E-state index in [1.165, 1.54) is 0 Å². The summed E-state index contributed by atoms with van der Waals surface area (Å²) >= 11 is 0. The van der Waals surface area contributed by atoms with E-state index in [4.69, 9.17) is 0 Å². The van der Waals surface area contributed by atoms with Crippen LogP contribution in [0.3, 0.4) is 0 Å². The molecular weight excluding hydrogens is 252 g/mol. The van der Waals surface area contributed by atoms with Crippen LogP contribution in [0.4, 0.5) is 0 Å². The zero-order chi connectivity index (χ0) is 14.5. The molecule has 0 aliphatic carbocycles. The maximum atomic E-state index is 10.0. The van der Waals surface area contributed by atoms with Crippen LogP contribution in [0.1, 0.15) is 35.3 Å². The second kappa shape index (κ2) is 6.30. The van der Waals surface area contributed by atoms with Gasteiger partial charge in [-0.05, 0) is 19.4 Å². The molecule has 2 aromatic rings. The lowest BCUT2D eigenvalue weighted by Gasteiger charge is -2.09. The van der Waals surface area contributed by atoms with Gasteiger partial charge in [-0.15, -0.1) is 0 Å². The second-order valence-electron chi connectivity index (χ2n) is 4.65. The Kier molecular flexibility index (Phi) is 4.48. The van der Waals surface area contributed by atoms with Crippen molar-refractivity contribution in [1.29, 1.82) is 0 Å². The zero-order valence-electron chi connectivity index (χ0n) is 11.6. The fourth-order valence-corrected chi connectivity index (χ4v) is 1.93. The molecule has 4 heteroatoms. The van der Waals surface area contributed by atoms with Gasteiger partial charge in [-0.1, -0.05) is 30.3 Å². The molecule has 104 valence electrons. The predicted octanol–water partition coefficient (Wildman–Crippen LogP) is 2.77. The number of hydrogen-bond donors (Lipinski definition) is 2. The number of aliphatic hydroxyl groups excluding tert-OH is 1. The van der Waals surface area contributed by atoms with E-state index < -0.39 is 0 Å². The Morgan fingerprint density at radius 1 is 1.30 bits per heavy atom. The largest absolute Gasteiger partial charge is 0.505 e. The Morgan fingerprint density at radius 3 is 2.65 bits per heavy atom. The van der Waals surface area contributed by atoms with E-state index in [-0.39, 0.29) is 18.4 Å². The number of hydrogen-bond acceptors (Lipinski definition) is 4. The number of benzene rings is 1. The first-order chi connectivity index (χ1) is 9.63. The lowest BCUT2D eigenvalue weighted by molar-refractivity contribution is 0.280. The highest BCUT2D eigenvalue weighted by atomic mass is 16.3. The Labute approximate surface area is 118 Å². The summed E-state index contributed by atoms with van der Waals surface area (Å²) in [5.74, 6) is 0.0700. The first kappa shape index (κ1) is 14.2. The topological polar surface area (TPSA) is 65.7 Å².